The Balaban J connectivity index is 1.81. The van der Waals surface area contributed by atoms with Gasteiger partial charge in [0.25, 0.3) is 5.91 Å². The minimum absolute atomic E-state index is 0.0969. The molecule has 0 saturated carbocycles. The van der Waals surface area contributed by atoms with E-state index in [4.69, 9.17) is 9.47 Å². The van der Waals surface area contributed by atoms with Crippen molar-refractivity contribution < 1.29 is 32.6 Å². The molecule has 9 heteroatoms. The predicted octanol–water partition coefficient (Wildman–Crippen LogP) is 2.43. The molecule has 0 aliphatic carbocycles. The number of carbonyl (C=O) groups excluding carboxylic acids is 2. The second-order valence-electron chi connectivity index (χ2n) is 5.17. The van der Waals surface area contributed by atoms with E-state index in [-0.39, 0.29) is 30.3 Å². The molecule has 2 N–H and O–H groups in total. The molecule has 0 aliphatic rings. The Morgan fingerprint density at radius 1 is 1.04 bits per heavy atom. The lowest BCUT2D eigenvalue weighted by Crippen LogP contribution is -2.35. The van der Waals surface area contributed by atoms with E-state index in [1.807, 2.05) is 6.07 Å². The zero-order valence-electron chi connectivity index (χ0n) is 14.4. The molecule has 2 aromatic rings. The van der Waals surface area contributed by atoms with E-state index in [0.717, 1.165) is 0 Å². The van der Waals surface area contributed by atoms with Crippen molar-refractivity contribution >= 4 is 17.5 Å². The first kappa shape index (κ1) is 20.0. The summed E-state index contributed by atoms with van der Waals surface area (Å²) in [4.78, 5) is 23.6. The van der Waals surface area contributed by atoms with Crippen LogP contribution < -0.4 is 24.8 Å². The predicted molar refractivity (Wildman–Crippen MR) is 93.2 cm³/mol. The Morgan fingerprint density at radius 2 is 1.78 bits per heavy atom. The maximum Gasteiger partial charge on any atom is 0.387 e. The normalized spacial score (nSPS) is 10.2. The average Bonchev–Trinajstić information content (AvgIpc) is 2.65. The minimum atomic E-state index is -3.03. The van der Waals surface area contributed by atoms with Crippen LogP contribution in [0.5, 0.6) is 17.2 Å². The quantitative estimate of drug-likeness (QED) is 0.698. The van der Waals surface area contributed by atoms with Crippen molar-refractivity contribution in [2.45, 2.75) is 6.61 Å². The van der Waals surface area contributed by atoms with Gasteiger partial charge in [-0.2, -0.15) is 8.78 Å². The SMILES string of the molecule is COc1ccc(NC(=O)CNC(=O)COc2ccccc2)cc1OC(F)F. The fourth-order valence-electron chi connectivity index (χ4n) is 2.04. The molecule has 144 valence electrons. The van der Waals surface area contributed by atoms with Crippen LogP contribution in [-0.2, 0) is 9.59 Å². The van der Waals surface area contributed by atoms with E-state index in [0.29, 0.717) is 5.75 Å². The smallest absolute Gasteiger partial charge is 0.387 e. The zero-order valence-corrected chi connectivity index (χ0v) is 14.4. The number of alkyl halides is 2. The number of para-hydroxylation sites is 1. The van der Waals surface area contributed by atoms with E-state index in [2.05, 4.69) is 15.4 Å². The number of amides is 2. The van der Waals surface area contributed by atoms with Crippen LogP contribution in [0.3, 0.4) is 0 Å². The van der Waals surface area contributed by atoms with Crippen molar-refractivity contribution in [1.29, 1.82) is 0 Å². The van der Waals surface area contributed by atoms with Crippen LogP contribution in [0.15, 0.2) is 48.5 Å². The van der Waals surface area contributed by atoms with Crippen LogP contribution in [0, 0.1) is 0 Å². The van der Waals surface area contributed by atoms with Gasteiger partial charge < -0.3 is 24.8 Å². The van der Waals surface area contributed by atoms with Crippen LogP contribution in [-0.4, -0.2) is 38.7 Å². The van der Waals surface area contributed by atoms with Gasteiger partial charge in [-0.3, -0.25) is 9.59 Å². The lowest BCUT2D eigenvalue weighted by atomic mass is 10.2. The number of hydrogen-bond acceptors (Lipinski definition) is 5. The molecule has 0 aromatic heterocycles. The number of anilines is 1. The molecule has 0 spiro atoms. The van der Waals surface area contributed by atoms with Crippen molar-refractivity contribution in [3.63, 3.8) is 0 Å². The van der Waals surface area contributed by atoms with E-state index in [9.17, 15) is 18.4 Å². The van der Waals surface area contributed by atoms with Gasteiger partial charge in [-0.15, -0.1) is 0 Å². The monoisotopic (exact) mass is 380 g/mol. The number of nitrogens with one attached hydrogen (secondary N) is 2. The summed E-state index contributed by atoms with van der Waals surface area (Å²) < 4.78 is 39.3. The third-order valence-corrected chi connectivity index (χ3v) is 3.22. The highest BCUT2D eigenvalue weighted by Crippen LogP contribution is 2.31. The molecule has 0 heterocycles. The summed E-state index contributed by atoms with van der Waals surface area (Å²) in [6, 6.07) is 12.8. The van der Waals surface area contributed by atoms with Crippen molar-refractivity contribution in [2.75, 3.05) is 25.6 Å². The zero-order chi connectivity index (χ0) is 19.6. The molecule has 27 heavy (non-hydrogen) atoms. The molecule has 0 bridgehead atoms. The molecule has 0 saturated heterocycles. The molecule has 7 nitrogen and oxygen atoms in total. The summed E-state index contributed by atoms with van der Waals surface area (Å²) in [6.07, 6.45) is 0. The van der Waals surface area contributed by atoms with Crippen LogP contribution in [0.25, 0.3) is 0 Å². The topological polar surface area (TPSA) is 85.9 Å². The molecule has 0 aliphatic heterocycles. The van der Waals surface area contributed by atoms with Crippen LogP contribution >= 0.6 is 0 Å². The van der Waals surface area contributed by atoms with E-state index in [1.54, 1.807) is 24.3 Å². The number of carbonyl (C=O) groups is 2. The van der Waals surface area contributed by atoms with Gasteiger partial charge in [0.05, 0.1) is 13.7 Å². The molecular weight excluding hydrogens is 362 g/mol. The Kier molecular flexibility index (Phi) is 7.36. The summed E-state index contributed by atoms with van der Waals surface area (Å²) in [7, 11) is 1.30. The minimum Gasteiger partial charge on any atom is -0.493 e. The molecule has 0 atom stereocenters. The van der Waals surface area contributed by atoms with Crippen LogP contribution in [0.4, 0.5) is 14.5 Å². The van der Waals surface area contributed by atoms with Crippen molar-refractivity contribution in [3.8, 4) is 17.2 Å². The summed E-state index contributed by atoms with van der Waals surface area (Å²) in [5.74, 6) is -0.617. The number of halogens is 2. The molecule has 0 unspecified atom stereocenters. The largest absolute Gasteiger partial charge is 0.493 e. The number of ether oxygens (including phenoxy) is 3. The van der Waals surface area contributed by atoms with E-state index in [1.165, 1.54) is 25.3 Å². The number of rotatable bonds is 9. The Morgan fingerprint density at radius 3 is 2.44 bits per heavy atom. The maximum absolute atomic E-state index is 12.4. The van der Waals surface area contributed by atoms with E-state index < -0.39 is 18.4 Å². The first-order valence-corrected chi connectivity index (χ1v) is 7.85. The number of methoxy groups -OCH3 is 1. The van der Waals surface area contributed by atoms with Gasteiger partial charge in [-0.1, -0.05) is 18.2 Å². The summed E-state index contributed by atoms with van der Waals surface area (Å²) in [6.45, 7) is -3.59. The van der Waals surface area contributed by atoms with Gasteiger partial charge in [-0.25, -0.2) is 0 Å². The highest BCUT2D eigenvalue weighted by atomic mass is 19.3. The van der Waals surface area contributed by atoms with Crippen LogP contribution in [0.1, 0.15) is 0 Å². The van der Waals surface area contributed by atoms with Gasteiger partial charge >= 0.3 is 6.61 Å². The number of benzene rings is 2. The standard InChI is InChI=1S/C18H18F2N2O5/c1-25-14-8-7-12(9-15(14)27-18(19)20)22-16(23)10-21-17(24)11-26-13-5-3-2-4-6-13/h2-9,18H,10-11H2,1H3,(H,21,24)(H,22,23). The molecule has 2 rings (SSSR count). The van der Waals surface area contributed by atoms with Crippen molar-refractivity contribution in [3.05, 3.63) is 48.5 Å². The van der Waals surface area contributed by atoms with Gasteiger partial charge in [-0.05, 0) is 24.3 Å². The molecule has 2 aromatic carbocycles. The average molecular weight is 380 g/mol. The van der Waals surface area contributed by atoms with E-state index >= 15 is 0 Å². The second-order valence-corrected chi connectivity index (χ2v) is 5.17. The van der Waals surface area contributed by atoms with Crippen LogP contribution in [0.2, 0.25) is 0 Å². The summed E-state index contributed by atoms with van der Waals surface area (Å²) >= 11 is 0. The molecule has 2 amide bonds. The first-order chi connectivity index (χ1) is 13.0. The van der Waals surface area contributed by atoms with Gasteiger partial charge in [0.2, 0.25) is 5.91 Å². The maximum atomic E-state index is 12.4. The third kappa shape index (κ3) is 6.81. The molecular formula is C18H18F2N2O5. The Labute approximate surface area is 154 Å². The molecule has 0 fully saturated rings. The first-order valence-electron chi connectivity index (χ1n) is 7.85. The van der Waals surface area contributed by atoms with Gasteiger partial charge in [0.15, 0.2) is 18.1 Å². The molecule has 0 radical (unpaired) electrons. The summed E-state index contributed by atoms with van der Waals surface area (Å²) in [5, 5.41) is 4.85. The van der Waals surface area contributed by atoms with Gasteiger partial charge in [0.1, 0.15) is 5.75 Å². The van der Waals surface area contributed by atoms with Crippen molar-refractivity contribution in [1.82, 2.24) is 5.32 Å². The summed E-state index contributed by atoms with van der Waals surface area (Å²) in [5.41, 5.74) is 0.214. The lowest BCUT2D eigenvalue weighted by Gasteiger charge is -2.12. The Hall–Kier alpha value is -3.36. The second kappa shape index (κ2) is 9.95. The highest BCUT2D eigenvalue weighted by molar-refractivity contribution is 5.94. The third-order valence-electron chi connectivity index (χ3n) is 3.22. The Bertz CT molecular complexity index is 772. The lowest BCUT2D eigenvalue weighted by molar-refractivity contribution is -0.125. The fraction of sp³-hybridized carbons (Fsp3) is 0.222. The number of hydrogen-bond donors (Lipinski definition) is 2. The van der Waals surface area contributed by atoms with Gasteiger partial charge in [0, 0.05) is 11.8 Å². The highest BCUT2D eigenvalue weighted by Gasteiger charge is 2.13. The van der Waals surface area contributed by atoms with Crippen molar-refractivity contribution in [2.24, 2.45) is 0 Å². The fourth-order valence-corrected chi connectivity index (χ4v) is 2.04.